The number of hydrogen-bond acceptors (Lipinski definition) is 14. The van der Waals surface area contributed by atoms with Gasteiger partial charge < -0.3 is 72.5 Å². The third kappa shape index (κ3) is 5.31. The van der Waals surface area contributed by atoms with Crippen molar-refractivity contribution in [2.45, 2.75) is 98.2 Å². The zero-order valence-corrected chi connectivity index (χ0v) is 17.8. The summed E-state index contributed by atoms with van der Waals surface area (Å²) in [6, 6.07) is -2.92. The second-order valence-corrected chi connectivity index (χ2v) is 8.74. The molecule has 33 heavy (non-hydrogen) atoms. The summed E-state index contributed by atoms with van der Waals surface area (Å²) in [5, 5.41) is 60.7. The summed E-state index contributed by atoms with van der Waals surface area (Å²) >= 11 is 0. The van der Waals surface area contributed by atoms with Gasteiger partial charge in [0.2, 0.25) is 0 Å². The molecule has 0 unspecified atom stereocenters. The Kier molecular flexibility index (Phi) is 8.96. The number of alkyl halides is 1. The van der Waals surface area contributed by atoms with Crippen molar-refractivity contribution in [3.05, 3.63) is 0 Å². The summed E-state index contributed by atoms with van der Waals surface area (Å²) in [7, 11) is 0. The third-order valence-corrected chi connectivity index (χ3v) is 6.43. The first-order valence-electron chi connectivity index (χ1n) is 10.8. The zero-order chi connectivity index (χ0) is 24.6. The molecular weight excluding hydrogens is 451 g/mol. The Bertz CT molecular complexity index is 589. The molecule has 0 radical (unpaired) electrons. The lowest BCUT2D eigenvalue weighted by molar-refractivity contribution is -0.328. The van der Waals surface area contributed by atoms with Crippen molar-refractivity contribution in [3.63, 3.8) is 0 Å². The maximum absolute atomic E-state index is 14.1. The molecule has 15 atom stereocenters. The van der Waals surface area contributed by atoms with Gasteiger partial charge in [-0.1, -0.05) is 0 Å². The van der Waals surface area contributed by atoms with E-state index in [9.17, 15) is 35.0 Å². The van der Waals surface area contributed by atoms with E-state index in [-0.39, 0.29) is 13.0 Å². The molecule has 3 rings (SSSR count). The molecule has 1 aliphatic carbocycles. The first-order valence-corrected chi connectivity index (χ1v) is 10.8. The second kappa shape index (κ2) is 11.0. The van der Waals surface area contributed by atoms with E-state index >= 15 is 0 Å². The van der Waals surface area contributed by atoms with Gasteiger partial charge in [-0.25, -0.2) is 4.39 Å². The molecule has 0 aromatic rings. The molecule has 1 saturated carbocycles. The quantitative estimate of drug-likeness (QED) is 0.167. The summed E-state index contributed by atoms with van der Waals surface area (Å²) < 4.78 is 36.0. The van der Waals surface area contributed by atoms with E-state index in [0.717, 1.165) is 0 Å². The van der Waals surface area contributed by atoms with Crippen molar-refractivity contribution in [2.75, 3.05) is 13.2 Å². The van der Waals surface area contributed by atoms with Gasteiger partial charge in [0, 0.05) is 18.6 Å². The van der Waals surface area contributed by atoms with Crippen LogP contribution in [-0.2, 0) is 18.9 Å². The fourth-order valence-electron chi connectivity index (χ4n) is 4.37. The van der Waals surface area contributed by atoms with E-state index in [0.29, 0.717) is 0 Å². The molecule has 0 aromatic carbocycles. The number of rotatable bonds is 6. The Hall–Kier alpha value is -0.630. The molecule has 3 fully saturated rings. The first-order chi connectivity index (χ1) is 15.5. The molecule has 2 heterocycles. The predicted octanol–water partition coefficient (Wildman–Crippen LogP) is -6.31. The van der Waals surface area contributed by atoms with E-state index in [4.69, 9.17) is 41.9 Å². The van der Waals surface area contributed by atoms with Crippen LogP contribution in [0.1, 0.15) is 6.42 Å². The van der Waals surface area contributed by atoms with Crippen LogP contribution in [0.15, 0.2) is 0 Å². The van der Waals surface area contributed by atoms with Gasteiger partial charge in [0.05, 0.1) is 12.6 Å². The van der Waals surface area contributed by atoms with Crippen LogP contribution in [0.25, 0.3) is 0 Å². The minimum atomic E-state index is -1.94. The minimum absolute atomic E-state index is 0.0603. The van der Waals surface area contributed by atoms with Crippen LogP contribution in [0.3, 0.4) is 0 Å². The number of aliphatic hydroxyl groups is 6. The van der Waals surface area contributed by atoms with Gasteiger partial charge in [-0.15, -0.1) is 0 Å². The van der Waals surface area contributed by atoms with Crippen molar-refractivity contribution in [1.82, 2.24) is 0 Å². The Labute approximate surface area is 189 Å². The van der Waals surface area contributed by atoms with Crippen LogP contribution >= 0.6 is 0 Å². The summed E-state index contributed by atoms with van der Waals surface area (Å²) in [5.41, 5.74) is 23.4. The second-order valence-electron chi connectivity index (χ2n) is 8.74. The van der Waals surface area contributed by atoms with Gasteiger partial charge in [-0.05, 0) is 6.42 Å². The standard InChI is InChI=1S/C18H35FN4O10/c19-8-6(2-20)30-18(13(28)11(8)26)33-16-5(22)1-4(21)15(14(16)29)32-17-12(27)9(23)10(25)7(3-24)31-17/h4-18,24-29H,1-3,20-23H2/t4-,5+,6-,7-,8-,9+,10-,11+,12-,13-,14-,15+,16-,17-,18-/m1/s1. The monoisotopic (exact) mass is 486 g/mol. The van der Waals surface area contributed by atoms with E-state index in [1.54, 1.807) is 0 Å². The highest BCUT2D eigenvalue weighted by Gasteiger charge is 2.51. The van der Waals surface area contributed by atoms with Crippen molar-refractivity contribution in [1.29, 1.82) is 0 Å². The number of hydrogen-bond donors (Lipinski definition) is 10. The van der Waals surface area contributed by atoms with Gasteiger partial charge in [0.25, 0.3) is 0 Å². The summed E-state index contributed by atoms with van der Waals surface area (Å²) in [4.78, 5) is 0. The topological polar surface area (TPSA) is 262 Å². The van der Waals surface area contributed by atoms with Crippen molar-refractivity contribution < 1.29 is 54.0 Å². The normalized spacial score (nSPS) is 53.7. The molecule has 194 valence electrons. The average molecular weight is 486 g/mol. The molecule has 0 aromatic heterocycles. The minimum Gasteiger partial charge on any atom is -0.394 e. The molecule has 15 heteroatoms. The van der Waals surface area contributed by atoms with Crippen molar-refractivity contribution >= 4 is 0 Å². The maximum atomic E-state index is 14.1. The highest BCUT2D eigenvalue weighted by atomic mass is 19.1. The third-order valence-electron chi connectivity index (χ3n) is 6.43. The predicted molar refractivity (Wildman–Crippen MR) is 107 cm³/mol. The lowest BCUT2D eigenvalue weighted by Gasteiger charge is -2.48. The number of aliphatic hydroxyl groups excluding tert-OH is 6. The molecule has 14 nitrogen and oxygen atoms in total. The number of ether oxygens (including phenoxy) is 4. The zero-order valence-electron chi connectivity index (χ0n) is 17.8. The van der Waals surface area contributed by atoms with Crippen LogP contribution < -0.4 is 22.9 Å². The molecule has 3 aliphatic rings. The smallest absolute Gasteiger partial charge is 0.187 e. The average Bonchev–Trinajstić information content (AvgIpc) is 2.79. The van der Waals surface area contributed by atoms with Crippen LogP contribution in [-0.4, -0.2) is 136 Å². The Balaban J connectivity index is 1.72. The highest BCUT2D eigenvalue weighted by Crippen LogP contribution is 2.31. The molecule has 2 aliphatic heterocycles. The van der Waals surface area contributed by atoms with Crippen LogP contribution in [0.5, 0.6) is 0 Å². The first kappa shape index (κ1) is 27.0. The fraction of sp³-hybridized carbons (Fsp3) is 1.00. The van der Waals surface area contributed by atoms with E-state index < -0.39 is 98.4 Å². The largest absolute Gasteiger partial charge is 0.394 e. The molecule has 2 saturated heterocycles. The Morgan fingerprint density at radius 3 is 1.79 bits per heavy atom. The number of halogens is 1. The fourth-order valence-corrected chi connectivity index (χ4v) is 4.37. The van der Waals surface area contributed by atoms with E-state index in [1.807, 2.05) is 0 Å². The van der Waals surface area contributed by atoms with Crippen molar-refractivity contribution in [3.8, 4) is 0 Å². The van der Waals surface area contributed by atoms with Gasteiger partial charge in [0.15, 0.2) is 18.8 Å². The summed E-state index contributed by atoms with van der Waals surface area (Å²) in [5.74, 6) is 0. The van der Waals surface area contributed by atoms with Crippen LogP contribution in [0, 0.1) is 0 Å². The van der Waals surface area contributed by atoms with Gasteiger partial charge in [-0.2, -0.15) is 0 Å². The Morgan fingerprint density at radius 1 is 0.758 bits per heavy atom. The summed E-state index contributed by atoms with van der Waals surface area (Å²) in [6.07, 6.45) is -17.8. The number of nitrogens with two attached hydrogens (primary N) is 4. The van der Waals surface area contributed by atoms with Gasteiger partial charge in [0.1, 0.15) is 54.9 Å². The van der Waals surface area contributed by atoms with Crippen molar-refractivity contribution in [2.24, 2.45) is 22.9 Å². The molecular formula is C18H35FN4O10. The van der Waals surface area contributed by atoms with E-state index in [1.165, 1.54) is 0 Å². The molecule has 0 spiro atoms. The van der Waals surface area contributed by atoms with Gasteiger partial charge in [-0.3, -0.25) is 0 Å². The maximum Gasteiger partial charge on any atom is 0.187 e. The van der Waals surface area contributed by atoms with Crippen LogP contribution in [0.4, 0.5) is 4.39 Å². The summed E-state index contributed by atoms with van der Waals surface area (Å²) in [6.45, 7) is -0.899. The Morgan fingerprint density at radius 2 is 1.27 bits per heavy atom. The van der Waals surface area contributed by atoms with Crippen LogP contribution in [0.2, 0.25) is 0 Å². The highest BCUT2D eigenvalue weighted by molar-refractivity contribution is 5.01. The van der Waals surface area contributed by atoms with Gasteiger partial charge >= 0.3 is 0 Å². The molecule has 14 N–H and O–H groups in total. The van der Waals surface area contributed by atoms with E-state index in [2.05, 4.69) is 0 Å². The molecule has 0 bridgehead atoms. The molecule has 0 amide bonds. The lowest BCUT2D eigenvalue weighted by atomic mass is 9.84. The lowest BCUT2D eigenvalue weighted by Crippen LogP contribution is -2.68. The SMILES string of the molecule is NC[C@H]1O[C@H](O[C@H]2[C@H](O)[C@@H](O[C@H]3O[C@H](CO)[C@@H](O)[C@H](N)[C@H]3O)[C@H](N)C[C@@H]2N)[C@H](O)[C@@H](O)[C@@H]1F.